The van der Waals surface area contributed by atoms with E-state index in [9.17, 15) is 0 Å². The zero-order valence-electron chi connectivity index (χ0n) is 7.88. The van der Waals surface area contributed by atoms with Crippen LogP contribution in [0.1, 0.15) is 32.1 Å². The molecule has 0 amide bonds. The molecule has 0 spiro atoms. The van der Waals surface area contributed by atoms with Gasteiger partial charge in [0, 0.05) is 3.92 Å². The second-order valence-corrected chi connectivity index (χ2v) is 5.59. The van der Waals surface area contributed by atoms with Gasteiger partial charge in [0.15, 0.2) is 0 Å². The van der Waals surface area contributed by atoms with Crippen molar-refractivity contribution in [2.75, 3.05) is 13.2 Å². The Morgan fingerprint density at radius 2 is 1.85 bits per heavy atom. The Labute approximate surface area is 93.5 Å². The third kappa shape index (κ3) is 2.80. The molecule has 0 aromatic carbocycles. The molecule has 2 unspecified atom stereocenters. The molecule has 1 heterocycles. The quantitative estimate of drug-likeness (QED) is 0.443. The van der Waals surface area contributed by atoms with Crippen LogP contribution in [0.4, 0.5) is 0 Å². The van der Waals surface area contributed by atoms with Crippen LogP contribution in [-0.4, -0.2) is 29.3 Å². The van der Waals surface area contributed by atoms with Gasteiger partial charge in [0.25, 0.3) is 0 Å². The van der Waals surface area contributed by atoms with Crippen LogP contribution in [0.25, 0.3) is 0 Å². The number of hydrogen-bond acceptors (Lipinski definition) is 2. The molecule has 0 bridgehead atoms. The van der Waals surface area contributed by atoms with Gasteiger partial charge in [-0.2, -0.15) is 0 Å². The first-order chi connectivity index (χ1) is 6.36. The summed E-state index contributed by atoms with van der Waals surface area (Å²) in [5.74, 6) is 0. The first-order valence-corrected chi connectivity index (χ1v) is 6.48. The fourth-order valence-electron chi connectivity index (χ4n) is 1.92. The molecule has 2 nitrogen and oxygen atoms in total. The Kier molecular flexibility index (Phi) is 3.86. The minimum atomic E-state index is 0.403. The summed E-state index contributed by atoms with van der Waals surface area (Å²) in [6.45, 7) is 1.64. The van der Waals surface area contributed by atoms with Gasteiger partial charge in [-0.15, -0.1) is 0 Å². The molecule has 1 aliphatic carbocycles. The molecule has 2 fully saturated rings. The molecule has 2 atom stereocenters. The molecule has 76 valence electrons. The molecule has 0 N–H and O–H groups in total. The third-order valence-corrected chi connectivity index (χ3v) is 4.27. The Balaban J connectivity index is 1.79. The van der Waals surface area contributed by atoms with Crippen molar-refractivity contribution in [1.82, 2.24) is 0 Å². The lowest BCUT2D eigenvalue weighted by atomic mass is 10.1. The van der Waals surface area contributed by atoms with E-state index in [2.05, 4.69) is 22.6 Å². The highest BCUT2D eigenvalue weighted by molar-refractivity contribution is 14.1. The predicted molar refractivity (Wildman–Crippen MR) is 60.4 cm³/mol. The zero-order chi connectivity index (χ0) is 9.10. The minimum Gasteiger partial charge on any atom is -0.376 e. The van der Waals surface area contributed by atoms with Crippen molar-refractivity contribution >= 4 is 22.6 Å². The first kappa shape index (κ1) is 10.2. The highest BCUT2D eigenvalue weighted by Crippen LogP contribution is 2.28. The summed E-state index contributed by atoms with van der Waals surface area (Å²) in [5.41, 5.74) is 0. The van der Waals surface area contributed by atoms with E-state index >= 15 is 0 Å². The van der Waals surface area contributed by atoms with Gasteiger partial charge in [0.1, 0.15) is 6.10 Å². The molecule has 2 rings (SSSR count). The maximum Gasteiger partial charge on any atom is 0.104 e. The van der Waals surface area contributed by atoms with Crippen molar-refractivity contribution in [2.45, 2.75) is 48.2 Å². The van der Waals surface area contributed by atoms with Gasteiger partial charge in [-0.05, 0) is 12.8 Å². The molecule has 13 heavy (non-hydrogen) atoms. The van der Waals surface area contributed by atoms with E-state index in [1.54, 1.807) is 0 Å². The van der Waals surface area contributed by atoms with Gasteiger partial charge in [-0.3, -0.25) is 0 Å². The average Bonchev–Trinajstić information content (AvgIpc) is 2.23. The van der Waals surface area contributed by atoms with Gasteiger partial charge in [0.2, 0.25) is 0 Å². The average molecular weight is 296 g/mol. The Hall–Kier alpha value is 0.650. The van der Waals surface area contributed by atoms with Crippen LogP contribution in [0, 0.1) is 0 Å². The molecule has 3 heteroatoms. The molecule has 1 saturated heterocycles. The summed E-state index contributed by atoms with van der Waals surface area (Å²) in [6, 6.07) is 0. The normalized spacial score (nSPS) is 36.7. The standard InChI is InChI=1S/C10H17IO2/c11-9-4-2-1-3-5-10(9)13-8-6-12-7-8/h8-10H,1-7H2. The molecule has 0 aromatic rings. The lowest BCUT2D eigenvalue weighted by Crippen LogP contribution is -2.41. The highest BCUT2D eigenvalue weighted by atomic mass is 127. The van der Waals surface area contributed by atoms with Gasteiger partial charge in [-0.1, -0.05) is 41.9 Å². The molecular formula is C10H17IO2. The summed E-state index contributed by atoms with van der Waals surface area (Å²) >= 11 is 2.55. The summed E-state index contributed by atoms with van der Waals surface area (Å²) in [4.78, 5) is 0. The maximum absolute atomic E-state index is 5.99. The van der Waals surface area contributed by atoms with Crippen molar-refractivity contribution in [2.24, 2.45) is 0 Å². The zero-order valence-corrected chi connectivity index (χ0v) is 10.0. The van der Waals surface area contributed by atoms with Crippen LogP contribution in [0.3, 0.4) is 0 Å². The number of hydrogen-bond donors (Lipinski definition) is 0. The Morgan fingerprint density at radius 3 is 2.54 bits per heavy atom. The van der Waals surface area contributed by atoms with Gasteiger partial charge in [0.05, 0.1) is 19.3 Å². The molecule has 1 aliphatic heterocycles. The molecule has 0 radical (unpaired) electrons. The molecule has 0 aromatic heterocycles. The maximum atomic E-state index is 5.99. The van der Waals surface area contributed by atoms with Crippen LogP contribution in [-0.2, 0) is 9.47 Å². The van der Waals surface area contributed by atoms with Gasteiger partial charge in [-0.25, -0.2) is 0 Å². The van der Waals surface area contributed by atoms with Crippen molar-refractivity contribution in [3.8, 4) is 0 Å². The molecular weight excluding hydrogens is 279 g/mol. The SMILES string of the molecule is IC1CCCCCC1OC1COC1. The van der Waals surface area contributed by atoms with Crippen molar-refractivity contribution < 1.29 is 9.47 Å². The fourth-order valence-corrected chi connectivity index (χ4v) is 2.89. The number of alkyl halides is 1. The number of ether oxygens (including phenoxy) is 2. The van der Waals surface area contributed by atoms with E-state index in [0.29, 0.717) is 12.2 Å². The first-order valence-electron chi connectivity index (χ1n) is 5.23. The van der Waals surface area contributed by atoms with Crippen LogP contribution in [0.15, 0.2) is 0 Å². The Bertz CT molecular complexity index is 159. The van der Waals surface area contributed by atoms with Crippen molar-refractivity contribution in [3.63, 3.8) is 0 Å². The molecule has 2 aliphatic rings. The van der Waals surface area contributed by atoms with Crippen LogP contribution in [0.5, 0.6) is 0 Å². The van der Waals surface area contributed by atoms with Crippen molar-refractivity contribution in [3.05, 3.63) is 0 Å². The van der Waals surface area contributed by atoms with E-state index in [0.717, 1.165) is 17.1 Å². The number of rotatable bonds is 2. The van der Waals surface area contributed by atoms with E-state index in [1.165, 1.54) is 32.1 Å². The smallest absolute Gasteiger partial charge is 0.104 e. The largest absolute Gasteiger partial charge is 0.376 e. The lowest BCUT2D eigenvalue weighted by molar-refractivity contribution is -0.154. The second-order valence-electron chi connectivity index (χ2n) is 3.99. The van der Waals surface area contributed by atoms with E-state index < -0.39 is 0 Å². The summed E-state index contributed by atoms with van der Waals surface area (Å²) in [7, 11) is 0. The van der Waals surface area contributed by atoms with Crippen LogP contribution < -0.4 is 0 Å². The number of halogens is 1. The highest BCUT2D eigenvalue weighted by Gasteiger charge is 2.28. The summed E-state index contributed by atoms with van der Waals surface area (Å²) in [5, 5.41) is 0. The van der Waals surface area contributed by atoms with E-state index in [1.807, 2.05) is 0 Å². The minimum absolute atomic E-state index is 0.403. The summed E-state index contributed by atoms with van der Waals surface area (Å²) < 4.78 is 11.8. The van der Waals surface area contributed by atoms with Crippen molar-refractivity contribution in [1.29, 1.82) is 0 Å². The molecule has 1 saturated carbocycles. The van der Waals surface area contributed by atoms with Gasteiger partial charge >= 0.3 is 0 Å². The van der Waals surface area contributed by atoms with E-state index in [-0.39, 0.29) is 0 Å². The Morgan fingerprint density at radius 1 is 1.08 bits per heavy atom. The fraction of sp³-hybridized carbons (Fsp3) is 1.00. The predicted octanol–water partition coefficient (Wildman–Crippen LogP) is 2.54. The third-order valence-electron chi connectivity index (χ3n) is 2.85. The van der Waals surface area contributed by atoms with Gasteiger partial charge < -0.3 is 9.47 Å². The van der Waals surface area contributed by atoms with Crippen LogP contribution in [0.2, 0.25) is 0 Å². The van der Waals surface area contributed by atoms with E-state index in [4.69, 9.17) is 9.47 Å². The lowest BCUT2D eigenvalue weighted by Gasteiger charge is -2.32. The second kappa shape index (κ2) is 4.94. The van der Waals surface area contributed by atoms with Crippen LogP contribution >= 0.6 is 22.6 Å². The summed E-state index contributed by atoms with van der Waals surface area (Å²) in [6.07, 6.45) is 7.60. The topological polar surface area (TPSA) is 18.5 Å². The monoisotopic (exact) mass is 296 g/mol.